The van der Waals surface area contributed by atoms with E-state index >= 15 is 0 Å². The maximum Gasteiger partial charge on any atom is 0.0544 e. The summed E-state index contributed by atoms with van der Waals surface area (Å²) in [7, 11) is -1.73. The minimum atomic E-state index is -0.935. The lowest BCUT2D eigenvalue weighted by Crippen LogP contribution is -2.31. The zero-order valence-electron chi connectivity index (χ0n) is 11.3. The first-order valence-electron chi connectivity index (χ1n) is 6.48. The minimum absolute atomic E-state index is 0.792. The molecule has 0 spiro atoms. The van der Waals surface area contributed by atoms with Gasteiger partial charge in [-0.05, 0) is 18.4 Å². The highest BCUT2D eigenvalue weighted by Gasteiger charge is 2.30. The van der Waals surface area contributed by atoms with Crippen LogP contribution < -0.4 is 0 Å². The third-order valence-corrected chi connectivity index (χ3v) is 9.75. The first-order valence-corrected chi connectivity index (χ1v) is 13.5. The van der Waals surface area contributed by atoms with Gasteiger partial charge in [-0.2, -0.15) is 0 Å². The van der Waals surface area contributed by atoms with Crippen LogP contribution in [0.15, 0.2) is 12.2 Å². The van der Waals surface area contributed by atoms with E-state index in [4.69, 9.17) is 0 Å². The SMILES string of the molecule is C[Si](C)(C)CCC[Si](C)(C)C1C=CCC1. The molecule has 0 saturated carbocycles. The van der Waals surface area contributed by atoms with Crippen LogP contribution in [-0.2, 0) is 0 Å². The fraction of sp³-hybridized carbons (Fsp3) is 0.846. The third kappa shape index (κ3) is 4.69. The van der Waals surface area contributed by atoms with Crippen LogP contribution in [0, 0.1) is 0 Å². The van der Waals surface area contributed by atoms with Crippen molar-refractivity contribution < 1.29 is 0 Å². The van der Waals surface area contributed by atoms with Gasteiger partial charge in [0.25, 0.3) is 0 Å². The Bertz CT molecular complexity index is 223. The van der Waals surface area contributed by atoms with Crippen molar-refractivity contribution in [1.29, 1.82) is 0 Å². The van der Waals surface area contributed by atoms with Crippen LogP contribution in [-0.4, -0.2) is 16.1 Å². The summed E-state index contributed by atoms with van der Waals surface area (Å²) in [5, 5.41) is 0. The van der Waals surface area contributed by atoms with E-state index in [2.05, 4.69) is 44.9 Å². The summed E-state index contributed by atoms with van der Waals surface area (Å²) in [6, 6.07) is 3.08. The molecule has 1 rings (SSSR count). The van der Waals surface area contributed by atoms with Crippen molar-refractivity contribution >= 4 is 16.1 Å². The topological polar surface area (TPSA) is 0 Å². The van der Waals surface area contributed by atoms with Crippen LogP contribution in [0.1, 0.15) is 19.3 Å². The van der Waals surface area contributed by atoms with Gasteiger partial charge in [0.15, 0.2) is 0 Å². The van der Waals surface area contributed by atoms with Crippen LogP contribution in [0.25, 0.3) is 0 Å². The monoisotopic (exact) mass is 240 g/mol. The average Bonchev–Trinajstić information content (AvgIpc) is 2.52. The third-order valence-electron chi connectivity index (χ3n) is 3.76. The van der Waals surface area contributed by atoms with Gasteiger partial charge >= 0.3 is 0 Å². The van der Waals surface area contributed by atoms with E-state index < -0.39 is 16.1 Å². The van der Waals surface area contributed by atoms with E-state index in [0.717, 1.165) is 5.54 Å². The molecule has 1 aliphatic rings. The van der Waals surface area contributed by atoms with Gasteiger partial charge in [0.2, 0.25) is 0 Å². The van der Waals surface area contributed by atoms with E-state index in [0.29, 0.717) is 0 Å². The van der Waals surface area contributed by atoms with Gasteiger partial charge in [0.1, 0.15) is 0 Å². The zero-order chi connectivity index (χ0) is 11.5. The summed E-state index contributed by atoms with van der Waals surface area (Å²) in [5.41, 5.74) is 0.985. The molecule has 0 bridgehead atoms. The highest BCUT2D eigenvalue weighted by Crippen LogP contribution is 2.37. The molecule has 0 aromatic rings. The van der Waals surface area contributed by atoms with Crippen molar-refractivity contribution in [1.82, 2.24) is 0 Å². The van der Waals surface area contributed by atoms with Gasteiger partial charge in [-0.1, -0.05) is 63.4 Å². The fourth-order valence-electron chi connectivity index (χ4n) is 2.54. The Balaban J connectivity index is 2.33. The van der Waals surface area contributed by atoms with E-state index in [1.807, 2.05) is 0 Å². The average molecular weight is 241 g/mol. The summed E-state index contributed by atoms with van der Waals surface area (Å²) in [6.07, 6.45) is 9.21. The normalized spacial score (nSPS) is 22.3. The first kappa shape index (κ1) is 13.2. The predicted octanol–water partition coefficient (Wildman–Crippen LogP) is 5.14. The van der Waals surface area contributed by atoms with Gasteiger partial charge < -0.3 is 0 Å². The maximum atomic E-state index is 2.59. The highest BCUT2D eigenvalue weighted by molar-refractivity contribution is 6.80. The Morgan fingerprint density at radius 3 is 2.20 bits per heavy atom. The van der Waals surface area contributed by atoms with E-state index in [1.54, 1.807) is 6.04 Å². The Morgan fingerprint density at radius 2 is 1.73 bits per heavy atom. The smallest absolute Gasteiger partial charge is 0.0544 e. The zero-order valence-corrected chi connectivity index (χ0v) is 13.3. The lowest BCUT2D eigenvalue weighted by atomic mass is 10.4. The van der Waals surface area contributed by atoms with Gasteiger partial charge in [-0.3, -0.25) is 0 Å². The van der Waals surface area contributed by atoms with E-state index in [9.17, 15) is 0 Å². The van der Waals surface area contributed by atoms with Gasteiger partial charge in [-0.25, -0.2) is 0 Å². The summed E-state index contributed by atoms with van der Waals surface area (Å²) >= 11 is 0. The summed E-state index contributed by atoms with van der Waals surface area (Å²) in [4.78, 5) is 0. The molecule has 0 saturated heterocycles. The van der Waals surface area contributed by atoms with Crippen molar-refractivity contribution in [2.75, 3.05) is 0 Å². The molecule has 1 unspecified atom stereocenters. The predicted molar refractivity (Wildman–Crippen MR) is 77.2 cm³/mol. The van der Waals surface area contributed by atoms with Crippen LogP contribution in [0.5, 0.6) is 0 Å². The number of hydrogen-bond donors (Lipinski definition) is 0. The Hall–Kier alpha value is 0.174. The van der Waals surface area contributed by atoms with Crippen molar-refractivity contribution in [3.05, 3.63) is 12.2 Å². The molecule has 0 N–H and O–H groups in total. The standard InChI is InChI=1S/C13H28Si2/c1-14(2,3)11-8-12-15(4,5)13-9-6-7-10-13/h6,9,13H,7-8,10-12H2,1-5H3. The Morgan fingerprint density at radius 1 is 1.07 bits per heavy atom. The Kier molecular flexibility index (Phi) is 4.42. The molecule has 0 fully saturated rings. The molecule has 0 aliphatic heterocycles. The number of hydrogen-bond acceptors (Lipinski definition) is 0. The minimum Gasteiger partial charge on any atom is -0.0885 e. The molecule has 0 amide bonds. The first-order chi connectivity index (χ1) is 6.81. The van der Waals surface area contributed by atoms with Gasteiger partial charge in [-0.15, -0.1) is 0 Å². The molecule has 2 heteroatoms. The second kappa shape index (κ2) is 5.00. The molecule has 15 heavy (non-hydrogen) atoms. The molecule has 88 valence electrons. The quantitative estimate of drug-likeness (QED) is 0.461. The number of rotatable bonds is 5. The van der Waals surface area contributed by atoms with E-state index in [1.165, 1.54) is 25.3 Å². The lowest BCUT2D eigenvalue weighted by molar-refractivity contribution is 0.870. The van der Waals surface area contributed by atoms with Crippen molar-refractivity contribution in [3.63, 3.8) is 0 Å². The van der Waals surface area contributed by atoms with Crippen LogP contribution in [0.4, 0.5) is 0 Å². The summed E-state index contributed by atoms with van der Waals surface area (Å²) < 4.78 is 0. The van der Waals surface area contributed by atoms with Crippen LogP contribution >= 0.6 is 0 Å². The van der Waals surface area contributed by atoms with Gasteiger partial charge in [0.05, 0.1) is 8.07 Å². The molecule has 0 radical (unpaired) electrons. The molecular weight excluding hydrogens is 212 g/mol. The molecule has 0 aromatic carbocycles. The summed E-state index contributed by atoms with van der Waals surface area (Å²) in [6.45, 7) is 12.7. The molecule has 1 aliphatic carbocycles. The molecular formula is C13H28Si2. The van der Waals surface area contributed by atoms with E-state index in [-0.39, 0.29) is 0 Å². The molecule has 0 aromatic heterocycles. The lowest BCUT2D eigenvalue weighted by Gasteiger charge is -2.29. The van der Waals surface area contributed by atoms with Gasteiger partial charge in [0, 0.05) is 8.07 Å². The second-order valence-electron chi connectivity index (χ2n) is 7.01. The summed E-state index contributed by atoms with van der Waals surface area (Å²) in [5.74, 6) is 0. The van der Waals surface area contributed by atoms with Crippen molar-refractivity contribution in [2.45, 2.75) is 69.6 Å². The fourth-order valence-corrected chi connectivity index (χ4v) is 7.20. The largest absolute Gasteiger partial charge is 0.0885 e. The second-order valence-corrected chi connectivity index (χ2v) is 17.9. The molecule has 1 atom stereocenters. The van der Waals surface area contributed by atoms with Crippen molar-refractivity contribution in [2.24, 2.45) is 0 Å². The van der Waals surface area contributed by atoms with Crippen LogP contribution in [0.3, 0.4) is 0 Å². The number of allylic oxidation sites excluding steroid dienone is 2. The molecule has 0 heterocycles. The van der Waals surface area contributed by atoms with Crippen molar-refractivity contribution in [3.8, 4) is 0 Å². The molecule has 0 nitrogen and oxygen atoms in total. The van der Waals surface area contributed by atoms with Crippen LogP contribution in [0.2, 0.25) is 50.4 Å². The maximum absolute atomic E-state index is 2.59. The highest BCUT2D eigenvalue weighted by atomic mass is 28.3. The Labute approximate surface area is 98.2 Å².